The van der Waals surface area contributed by atoms with Gasteiger partial charge in [-0.2, -0.15) is 0 Å². The maximum absolute atomic E-state index is 12.7. The molecular weight excluding hydrogens is 318 g/mol. The van der Waals surface area contributed by atoms with Gasteiger partial charge in [0.25, 0.3) is 0 Å². The van der Waals surface area contributed by atoms with Crippen molar-refractivity contribution in [1.29, 1.82) is 0 Å². The molecular formula is C20H23NO4. The number of fused-ring (bicyclic) bond motifs is 1. The monoisotopic (exact) mass is 341 g/mol. The van der Waals surface area contributed by atoms with Crippen LogP contribution in [0.4, 0.5) is 0 Å². The third kappa shape index (κ3) is 4.12. The first kappa shape index (κ1) is 17.3. The Balaban J connectivity index is 1.85. The van der Waals surface area contributed by atoms with Crippen LogP contribution in [0.2, 0.25) is 0 Å². The number of hydrogen-bond acceptors (Lipinski definition) is 4. The van der Waals surface area contributed by atoms with Crippen LogP contribution in [0.15, 0.2) is 48.5 Å². The molecule has 0 saturated heterocycles. The van der Waals surface area contributed by atoms with Crippen LogP contribution >= 0.6 is 0 Å². The van der Waals surface area contributed by atoms with Crippen molar-refractivity contribution in [2.24, 2.45) is 0 Å². The molecule has 0 fully saturated rings. The molecule has 25 heavy (non-hydrogen) atoms. The molecule has 0 N–H and O–H groups in total. The van der Waals surface area contributed by atoms with Crippen LogP contribution in [-0.4, -0.2) is 44.9 Å². The van der Waals surface area contributed by atoms with E-state index in [4.69, 9.17) is 14.2 Å². The molecule has 0 spiro atoms. The standard InChI is InChI=1S/C20H23NO4/c1-21(10-11-23-2)20(22)13-17(15-6-4-3-5-7-15)16-8-9-18-19(12-16)25-14-24-18/h3-9,12,17H,10-11,13-14H2,1-2H3/t17-/m0/s1. The highest BCUT2D eigenvalue weighted by atomic mass is 16.7. The Morgan fingerprint density at radius 3 is 2.64 bits per heavy atom. The SMILES string of the molecule is COCCN(C)C(=O)C[C@@H](c1ccccc1)c1ccc2c(c1)OCO2. The van der Waals surface area contributed by atoms with Crippen LogP contribution in [0, 0.1) is 0 Å². The van der Waals surface area contributed by atoms with E-state index in [2.05, 4.69) is 12.1 Å². The van der Waals surface area contributed by atoms with Crippen LogP contribution in [0.1, 0.15) is 23.5 Å². The van der Waals surface area contributed by atoms with Crippen molar-refractivity contribution in [2.45, 2.75) is 12.3 Å². The molecule has 5 nitrogen and oxygen atoms in total. The summed E-state index contributed by atoms with van der Waals surface area (Å²) in [6, 6.07) is 16.0. The normalized spacial score (nSPS) is 13.5. The maximum Gasteiger partial charge on any atom is 0.231 e. The molecule has 1 aliphatic heterocycles. The smallest absolute Gasteiger partial charge is 0.231 e. The number of hydrogen-bond donors (Lipinski definition) is 0. The van der Waals surface area contributed by atoms with E-state index in [1.54, 1.807) is 12.0 Å². The molecule has 0 saturated carbocycles. The van der Waals surface area contributed by atoms with Crippen LogP contribution < -0.4 is 9.47 Å². The lowest BCUT2D eigenvalue weighted by Crippen LogP contribution is -2.31. The first-order valence-corrected chi connectivity index (χ1v) is 8.36. The minimum atomic E-state index is -0.0341. The van der Waals surface area contributed by atoms with E-state index in [9.17, 15) is 4.79 Å². The molecule has 0 radical (unpaired) electrons. The second-order valence-corrected chi connectivity index (χ2v) is 6.09. The van der Waals surface area contributed by atoms with E-state index in [1.807, 2.05) is 43.4 Å². The van der Waals surface area contributed by atoms with Gasteiger partial charge in [0, 0.05) is 33.0 Å². The lowest BCUT2D eigenvalue weighted by atomic mass is 9.88. The van der Waals surface area contributed by atoms with Gasteiger partial charge in [0.05, 0.1) is 6.61 Å². The molecule has 2 aromatic carbocycles. The van der Waals surface area contributed by atoms with Gasteiger partial charge in [0.15, 0.2) is 11.5 Å². The van der Waals surface area contributed by atoms with E-state index < -0.39 is 0 Å². The molecule has 3 rings (SSSR count). The molecule has 0 bridgehead atoms. The fourth-order valence-electron chi connectivity index (χ4n) is 2.93. The van der Waals surface area contributed by atoms with Gasteiger partial charge in [0.2, 0.25) is 12.7 Å². The fourth-order valence-corrected chi connectivity index (χ4v) is 2.93. The minimum absolute atomic E-state index is 0.0341. The minimum Gasteiger partial charge on any atom is -0.454 e. The van der Waals surface area contributed by atoms with E-state index in [1.165, 1.54) is 0 Å². The lowest BCUT2D eigenvalue weighted by molar-refractivity contribution is -0.130. The molecule has 0 aromatic heterocycles. The third-order valence-corrected chi connectivity index (χ3v) is 4.44. The number of carbonyl (C=O) groups is 1. The summed E-state index contributed by atoms with van der Waals surface area (Å²) < 4.78 is 16.0. The van der Waals surface area contributed by atoms with Crippen molar-refractivity contribution in [3.05, 3.63) is 59.7 Å². The summed E-state index contributed by atoms with van der Waals surface area (Å²) in [7, 11) is 3.45. The molecule has 1 heterocycles. The van der Waals surface area contributed by atoms with Gasteiger partial charge in [-0.3, -0.25) is 4.79 Å². The zero-order chi connectivity index (χ0) is 17.6. The largest absolute Gasteiger partial charge is 0.454 e. The highest BCUT2D eigenvalue weighted by Crippen LogP contribution is 2.37. The average Bonchev–Trinajstić information content (AvgIpc) is 3.12. The van der Waals surface area contributed by atoms with Crippen LogP contribution in [0.25, 0.3) is 0 Å². The van der Waals surface area contributed by atoms with Crippen LogP contribution in [-0.2, 0) is 9.53 Å². The summed E-state index contributed by atoms with van der Waals surface area (Å²) in [5.74, 6) is 1.54. The molecule has 132 valence electrons. The van der Waals surface area contributed by atoms with Gasteiger partial charge in [-0.1, -0.05) is 36.4 Å². The first-order valence-electron chi connectivity index (χ1n) is 8.36. The Morgan fingerprint density at radius 2 is 1.88 bits per heavy atom. The second-order valence-electron chi connectivity index (χ2n) is 6.09. The van der Waals surface area contributed by atoms with E-state index in [0.717, 1.165) is 22.6 Å². The summed E-state index contributed by atoms with van der Waals surface area (Å²) in [5.41, 5.74) is 2.15. The summed E-state index contributed by atoms with van der Waals surface area (Å²) in [4.78, 5) is 14.4. The Bertz CT molecular complexity index is 717. The molecule has 1 amide bonds. The van der Waals surface area contributed by atoms with Crippen LogP contribution in [0.3, 0.4) is 0 Å². The van der Waals surface area contributed by atoms with Gasteiger partial charge in [0.1, 0.15) is 0 Å². The topological polar surface area (TPSA) is 48.0 Å². The van der Waals surface area contributed by atoms with Crippen molar-refractivity contribution >= 4 is 5.91 Å². The number of carbonyl (C=O) groups excluding carboxylic acids is 1. The molecule has 0 aliphatic carbocycles. The summed E-state index contributed by atoms with van der Waals surface area (Å²) in [5, 5.41) is 0. The van der Waals surface area contributed by atoms with E-state index in [-0.39, 0.29) is 18.6 Å². The average molecular weight is 341 g/mol. The predicted octanol–water partition coefficient (Wildman–Crippen LogP) is 3.04. The predicted molar refractivity (Wildman–Crippen MR) is 95.0 cm³/mol. The molecule has 1 aliphatic rings. The molecule has 5 heteroatoms. The summed E-state index contributed by atoms with van der Waals surface area (Å²) >= 11 is 0. The number of benzene rings is 2. The van der Waals surface area contributed by atoms with Gasteiger partial charge < -0.3 is 19.1 Å². The van der Waals surface area contributed by atoms with Crippen molar-refractivity contribution < 1.29 is 19.0 Å². The van der Waals surface area contributed by atoms with Crippen LogP contribution in [0.5, 0.6) is 11.5 Å². The molecule has 0 unspecified atom stereocenters. The fraction of sp³-hybridized carbons (Fsp3) is 0.350. The highest BCUT2D eigenvalue weighted by Gasteiger charge is 2.23. The zero-order valence-electron chi connectivity index (χ0n) is 14.6. The van der Waals surface area contributed by atoms with Gasteiger partial charge in [-0.15, -0.1) is 0 Å². The second kappa shape index (κ2) is 8.03. The quantitative estimate of drug-likeness (QED) is 0.777. The zero-order valence-corrected chi connectivity index (χ0v) is 14.6. The van der Waals surface area contributed by atoms with Gasteiger partial charge in [-0.05, 0) is 23.3 Å². The number of likely N-dealkylation sites (N-methyl/N-ethyl adjacent to an activating group) is 1. The Morgan fingerprint density at radius 1 is 1.12 bits per heavy atom. The maximum atomic E-state index is 12.7. The van der Waals surface area contributed by atoms with Crippen molar-refractivity contribution in [1.82, 2.24) is 4.90 Å². The van der Waals surface area contributed by atoms with Crippen molar-refractivity contribution in [3.63, 3.8) is 0 Å². The van der Waals surface area contributed by atoms with Crippen molar-refractivity contribution in [3.8, 4) is 11.5 Å². The Labute approximate surface area is 148 Å². The van der Waals surface area contributed by atoms with E-state index >= 15 is 0 Å². The van der Waals surface area contributed by atoms with Crippen molar-refractivity contribution in [2.75, 3.05) is 34.1 Å². The molecule has 2 aromatic rings. The van der Waals surface area contributed by atoms with E-state index in [0.29, 0.717) is 19.6 Å². The Hall–Kier alpha value is -2.53. The summed E-state index contributed by atoms with van der Waals surface area (Å²) in [6.07, 6.45) is 0.393. The summed E-state index contributed by atoms with van der Waals surface area (Å²) in [6.45, 7) is 1.35. The Kier molecular flexibility index (Phi) is 5.56. The number of ether oxygens (including phenoxy) is 3. The van der Waals surface area contributed by atoms with Gasteiger partial charge in [-0.25, -0.2) is 0 Å². The number of rotatable bonds is 7. The lowest BCUT2D eigenvalue weighted by Gasteiger charge is -2.22. The third-order valence-electron chi connectivity index (χ3n) is 4.44. The highest BCUT2D eigenvalue weighted by molar-refractivity contribution is 5.77. The molecule has 1 atom stereocenters. The number of nitrogens with zero attached hydrogens (tertiary/aromatic N) is 1. The number of amides is 1. The van der Waals surface area contributed by atoms with Gasteiger partial charge >= 0.3 is 0 Å². The first-order chi connectivity index (χ1) is 12.2. The number of methoxy groups -OCH3 is 1.